The minimum absolute atomic E-state index is 0.789. The molecule has 0 aliphatic rings. The molecule has 0 amide bonds. The summed E-state index contributed by atoms with van der Waals surface area (Å²) in [5.74, 6) is 0. The number of anilines is 1. The molecule has 0 radical (unpaired) electrons. The number of halogens is 1. The maximum Gasteiger partial charge on any atom is 0.133 e. The Hall–Kier alpha value is -1.61. The Kier molecular flexibility index (Phi) is 3.72. The number of hydrogen-bond donors (Lipinski definition) is 1. The average Bonchev–Trinajstić information content (AvgIpc) is 2.38. The normalized spacial score (nSPS) is 11.2. The molecule has 16 heavy (non-hydrogen) atoms. The Bertz CT molecular complexity index is 466. The van der Waals surface area contributed by atoms with Crippen LogP contribution in [0.15, 0.2) is 65.8 Å². The minimum atomic E-state index is 0.789. The Morgan fingerprint density at radius 1 is 0.875 bits per heavy atom. The monoisotopic (exact) mass is 274 g/mol. The first-order valence-corrected chi connectivity index (χ1v) is 5.75. The zero-order chi connectivity index (χ0) is 11.2. The van der Waals surface area contributed by atoms with Gasteiger partial charge in [0.25, 0.3) is 0 Å². The number of nitrogens with one attached hydrogen (secondary N) is 1. The van der Waals surface area contributed by atoms with Crippen LogP contribution in [0.2, 0.25) is 0 Å². The average molecular weight is 275 g/mol. The van der Waals surface area contributed by atoms with Gasteiger partial charge >= 0.3 is 0 Å². The minimum Gasteiger partial charge on any atom is -0.277 e. The molecule has 0 unspecified atom stereocenters. The molecule has 0 saturated carbocycles. The van der Waals surface area contributed by atoms with Gasteiger partial charge in [0.05, 0.1) is 5.69 Å². The smallest absolute Gasteiger partial charge is 0.133 e. The van der Waals surface area contributed by atoms with E-state index in [9.17, 15) is 0 Å². The van der Waals surface area contributed by atoms with E-state index in [0.717, 1.165) is 15.9 Å². The molecular weight excluding hydrogens is 264 g/mol. The van der Waals surface area contributed by atoms with Crippen molar-refractivity contribution in [2.24, 2.45) is 5.10 Å². The van der Waals surface area contributed by atoms with Gasteiger partial charge in [0.2, 0.25) is 0 Å². The van der Waals surface area contributed by atoms with E-state index in [1.54, 1.807) is 0 Å². The Morgan fingerprint density at radius 3 is 2.06 bits per heavy atom. The molecule has 3 heteroatoms. The third-order valence-electron chi connectivity index (χ3n) is 2.07. The van der Waals surface area contributed by atoms with Crippen LogP contribution in [0.4, 0.5) is 5.69 Å². The fourth-order valence-electron chi connectivity index (χ4n) is 1.27. The van der Waals surface area contributed by atoms with E-state index in [1.807, 2.05) is 60.7 Å². The fraction of sp³-hybridized carbons (Fsp3) is 0. The molecule has 0 spiro atoms. The predicted molar refractivity (Wildman–Crippen MR) is 72.0 cm³/mol. The lowest BCUT2D eigenvalue weighted by molar-refractivity contribution is 1.35. The first-order chi connectivity index (χ1) is 7.86. The van der Waals surface area contributed by atoms with Crippen LogP contribution < -0.4 is 5.43 Å². The van der Waals surface area contributed by atoms with Crippen LogP contribution in [-0.4, -0.2) is 4.62 Å². The van der Waals surface area contributed by atoms with Crippen molar-refractivity contribution in [3.05, 3.63) is 66.2 Å². The number of hydrazone groups is 1. The molecule has 2 rings (SSSR count). The highest BCUT2D eigenvalue weighted by atomic mass is 79.9. The highest BCUT2D eigenvalue weighted by Gasteiger charge is 1.96. The fourth-order valence-corrected chi connectivity index (χ4v) is 1.62. The molecule has 1 N–H and O–H groups in total. The van der Waals surface area contributed by atoms with Gasteiger partial charge in [0, 0.05) is 5.56 Å². The van der Waals surface area contributed by atoms with Gasteiger partial charge in [0.15, 0.2) is 0 Å². The van der Waals surface area contributed by atoms with Crippen LogP contribution in [0.1, 0.15) is 5.56 Å². The maximum absolute atomic E-state index is 4.25. The van der Waals surface area contributed by atoms with Crippen LogP contribution >= 0.6 is 15.9 Å². The van der Waals surface area contributed by atoms with Gasteiger partial charge in [0.1, 0.15) is 4.62 Å². The number of benzene rings is 2. The van der Waals surface area contributed by atoms with Gasteiger partial charge in [-0.2, -0.15) is 5.10 Å². The van der Waals surface area contributed by atoms with Gasteiger partial charge in [-0.05, 0) is 28.1 Å². The lowest BCUT2D eigenvalue weighted by Crippen LogP contribution is -1.95. The van der Waals surface area contributed by atoms with Crippen molar-refractivity contribution in [2.45, 2.75) is 0 Å². The molecule has 0 aromatic heterocycles. The molecule has 0 bridgehead atoms. The first-order valence-electron chi connectivity index (χ1n) is 4.96. The molecule has 0 saturated heterocycles. The van der Waals surface area contributed by atoms with E-state index in [4.69, 9.17) is 0 Å². The van der Waals surface area contributed by atoms with Crippen molar-refractivity contribution < 1.29 is 0 Å². The van der Waals surface area contributed by atoms with Crippen LogP contribution in [0.25, 0.3) is 0 Å². The summed E-state index contributed by atoms with van der Waals surface area (Å²) in [5.41, 5.74) is 5.00. The summed E-state index contributed by atoms with van der Waals surface area (Å²) in [6.07, 6.45) is 0. The second-order valence-electron chi connectivity index (χ2n) is 3.25. The quantitative estimate of drug-likeness (QED) is 0.667. The standard InChI is InChI=1S/C13H11BrN2/c14-13(11-7-3-1-4-8-11)16-15-12-9-5-2-6-10-12/h1-10,15H/b16-13-. The summed E-state index contributed by atoms with van der Waals surface area (Å²) in [6, 6.07) is 19.8. The number of hydrogen-bond acceptors (Lipinski definition) is 2. The molecule has 80 valence electrons. The van der Waals surface area contributed by atoms with Gasteiger partial charge in [-0.15, -0.1) is 0 Å². The summed E-state index contributed by atoms with van der Waals surface area (Å²) < 4.78 is 0.789. The zero-order valence-corrected chi connectivity index (χ0v) is 10.2. The van der Waals surface area contributed by atoms with Crippen LogP contribution in [0.3, 0.4) is 0 Å². The summed E-state index contributed by atoms with van der Waals surface area (Å²) in [7, 11) is 0. The van der Waals surface area contributed by atoms with Crippen LogP contribution in [0.5, 0.6) is 0 Å². The SMILES string of the molecule is Br/C(=N\Nc1ccccc1)c1ccccc1. The Morgan fingerprint density at radius 2 is 1.44 bits per heavy atom. The predicted octanol–water partition coefficient (Wildman–Crippen LogP) is 3.86. The molecule has 2 aromatic rings. The largest absolute Gasteiger partial charge is 0.277 e. The van der Waals surface area contributed by atoms with Crippen molar-refractivity contribution in [2.75, 3.05) is 5.43 Å². The third kappa shape index (κ3) is 2.94. The molecule has 0 heterocycles. The van der Waals surface area contributed by atoms with E-state index in [1.165, 1.54) is 0 Å². The number of para-hydroxylation sites is 1. The second-order valence-corrected chi connectivity index (χ2v) is 4.00. The van der Waals surface area contributed by atoms with Gasteiger partial charge in [-0.25, -0.2) is 0 Å². The topological polar surface area (TPSA) is 24.4 Å². The van der Waals surface area contributed by atoms with Crippen molar-refractivity contribution >= 4 is 26.2 Å². The van der Waals surface area contributed by atoms with E-state index < -0.39 is 0 Å². The number of rotatable bonds is 3. The lowest BCUT2D eigenvalue weighted by Gasteiger charge is -2.01. The van der Waals surface area contributed by atoms with Crippen molar-refractivity contribution in [3.8, 4) is 0 Å². The summed E-state index contributed by atoms with van der Waals surface area (Å²) >= 11 is 3.43. The Labute approximate surface area is 103 Å². The van der Waals surface area contributed by atoms with E-state index in [0.29, 0.717) is 0 Å². The van der Waals surface area contributed by atoms with Crippen LogP contribution in [0, 0.1) is 0 Å². The molecule has 2 aromatic carbocycles. The lowest BCUT2D eigenvalue weighted by atomic mass is 10.2. The van der Waals surface area contributed by atoms with E-state index >= 15 is 0 Å². The molecular formula is C13H11BrN2. The molecule has 0 atom stereocenters. The molecule has 0 aliphatic heterocycles. The van der Waals surface area contributed by atoms with Crippen LogP contribution in [-0.2, 0) is 0 Å². The summed E-state index contributed by atoms with van der Waals surface area (Å²) in [4.78, 5) is 0. The second kappa shape index (κ2) is 5.47. The highest BCUT2D eigenvalue weighted by molar-refractivity contribution is 9.18. The molecule has 0 fully saturated rings. The van der Waals surface area contributed by atoms with Crippen molar-refractivity contribution in [1.29, 1.82) is 0 Å². The zero-order valence-electron chi connectivity index (χ0n) is 8.60. The first kappa shape index (κ1) is 10.9. The summed E-state index contributed by atoms with van der Waals surface area (Å²) in [5, 5.41) is 4.25. The highest BCUT2D eigenvalue weighted by Crippen LogP contribution is 2.09. The third-order valence-corrected chi connectivity index (χ3v) is 2.70. The van der Waals surface area contributed by atoms with Crippen molar-refractivity contribution in [1.82, 2.24) is 0 Å². The number of nitrogens with zero attached hydrogens (tertiary/aromatic N) is 1. The molecule has 0 aliphatic carbocycles. The molecule has 2 nitrogen and oxygen atoms in total. The van der Waals surface area contributed by atoms with Gasteiger partial charge < -0.3 is 0 Å². The van der Waals surface area contributed by atoms with E-state index in [-0.39, 0.29) is 0 Å². The van der Waals surface area contributed by atoms with Gasteiger partial charge in [-0.1, -0.05) is 48.5 Å². The van der Waals surface area contributed by atoms with Crippen molar-refractivity contribution in [3.63, 3.8) is 0 Å². The summed E-state index contributed by atoms with van der Waals surface area (Å²) in [6.45, 7) is 0. The maximum atomic E-state index is 4.25. The Balaban J connectivity index is 2.09. The van der Waals surface area contributed by atoms with Gasteiger partial charge in [-0.3, -0.25) is 5.43 Å². The van der Waals surface area contributed by atoms with E-state index in [2.05, 4.69) is 26.5 Å².